The monoisotopic (exact) mass is 548 g/mol. The Labute approximate surface area is 227 Å². The Morgan fingerprint density at radius 2 is 1.90 bits per heavy atom. The number of nitrogens with zero attached hydrogens (tertiary/aromatic N) is 6. The van der Waals surface area contributed by atoms with Crippen LogP contribution >= 0.6 is 0 Å². The zero-order valence-electron chi connectivity index (χ0n) is 22.3. The molecule has 1 atom stereocenters. The highest BCUT2D eigenvalue weighted by Crippen LogP contribution is 2.41. The molecular weight excluding hydrogens is 516 g/mol. The number of fused-ring (bicyclic) bond motifs is 1. The molecule has 3 aromatic rings. The summed E-state index contributed by atoms with van der Waals surface area (Å²) in [6, 6.07) is 6.08. The molecule has 0 radical (unpaired) electrons. The third-order valence-corrected chi connectivity index (χ3v) is 8.30. The van der Waals surface area contributed by atoms with Crippen LogP contribution in [0.3, 0.4) is 0 Å². The highest BCUT2D eigenvalue weighted by atomic mass is 32.2. The summed E-state index contributed by atoms with van der Waals surface area (Å²) in [5.74, 6) is 1.32. The molecule has 2 fully saturated rings. The molecule has 1 aromatic carbocycles. The average Bonchev–Trinajstić information content (AvgIpc) is 3.83. The number of hydrogen-bond donors (Lipinski definition) is 2. The van der Waals surface area contributed by atoms with E-state index >= 15 is 0 Å². The molecule has 0 bridgehead atoms. The van der Waals surface area contributed by atoms with Gasteiger partial charge >= 0.3 is 0 Å². The molecule has 2 saturated carbocycles. The number of nitrogens with one attached hydrogen (secondary N) is 1. The first kappa shape index (κ1) is 26.8. The molecule has 2 aliphatic carbocycles. The summed E-state index contributed by atoms with van der Waals surface area (Å²) in [4.78, 5) is 36.6. The van der Waals surface area contributed by atoms with Crippen LogP contribution < -0.4 is 16.0 Å². The van der Waals surface area contributed by atoms with E-state index in [4.69, 9.17) is 10.1 Å². The third kappa shape index (κ3) is 5.52. The maximum absolute atomic E-state index is 13.8. The van der Waals surface area contributed by atoms with Crippen molar-refractivity contribution in [3.63, 3.8) is 0 Å². The van der Waals surface area contributed by atoms with E-state index in [1.54, 1.807) is 29.9 Å². The molecule has 204 valence electrons. The van der Waals surface area contributed by atoms with Crippen molar-refractivity contribution in [3.8, 4) is 0 Å². The summed E-state index contributed by atoms with van der Waals surface area (Å²) in [5, 5.41) is 8.30. The maximum Gasteiger partial charge on any atom is 0.295 e. The number of aliphatic imine (C=N–C) groups is 2. The zero-order valence-corrected chi connectivity index (χ0v) is 23.1. The fourth-order valence-electron chi connectivity index (χ4n) is 4.73. The van der Waals surface area contributed by atoms with E-state index in [9.17, 15) is 13.2 Å². The van der Waals surface area contributed by atoms with Gasteiger partial charge in [-0.2, -0.15) is 0 Å². The number of primary sulfonamides is 1. The van der Waals surface area contributed by atoms with E-state index in [1.807, 2.05) is 13.8 Å². The van der Waals surface area contributed by atoms with Gasteiger partial charge in [-0.25, -0.2) is 28.5 Å². The average molecular weight is 549 g/mol. The van der Waals surface area contributed by atoms with E-state index in [-0.39, 0.29) is 28.9 Å². The van der Waals surface area contributed by atoms with Gasteiger partial charge in [-0.3, -0.25) is 19.3 Å². The zero-order chi connectivity index (χ0) is 27.9. The quantitative estimate of drug-likeness (QED) is 0.368. The van der Waals surface area contributed by atoms with Crippen LogP contribution in [-0.2, 0) is 16.6 Å². The second kappa shape index (κ2) is 10.4. The second-order valence-electron chi connectivity index (χ2n) is 10.2. The molecule has 0 spiro atoms. The largest absolute Gasteiger partial charge is 0.361 e. The minimum Gasteiger partial charge on any atom is -0.361 e. The topological polar surface area (TPSA) is 158 Å². The number of nitrogens with two attached hydrogens (primary N) is 1. The summed E-state index contributed by atoms with van der Waals surface area (Å²) in [7, 11) is -2.06. The molecule has 0 unspecified atom stereocenters. The number of sulfonamides is 1. The van der Waals surface area contributed by atoms with E-state index < -0.39 is 10.0 Å². The molecule has 0 saturated heterocycles. The van der Waals surface area contributed by atoms with Gasteiger partial charge in [0.15, 0.2) is 17.3 Å². The summed E-state index contributed by atoms with van der Waals surface area (Å²) >= 11 is 0. The lowest BCUT2D eigenvalue weighted by molar-refractivity contribution is 0.482. The molecule has 12 heteroatoms. The van der Waals surface area contributed by atoms with Gasteiger partial charge in [0.25, 0.3) is 5.56 Å². The Hall–Kier alpha value is -3.77. The van der Waals surface area contributed by atoms with Crippen LogP contribution in [0.2, 0.25) is 0 Å². The third-order valence-electron chi connectivity index (χ3n) is 7.37. The molecule has 39 heavy (non-hydrogen) atoms. The van der Waals surface area contributed by atoms with Gasteiger partial charge in [0.2, 0.25) is 10.0 Å². The van der Waals surface area contributed by atoms with Crippen molar-refractivity contribution in [1.29, 1.82) is 0 Å². The van der Waals surface area contributed by atoms with Crippen LogP contribution in [0.4, 0.5) is 5.82 Å². The molecule has 2 aromatic heterocycles. The van der Waals surface area contributed by atoms with Crippen molar-refractivity contribution < 1.29 is 8.42 Å². The van der Waals surface area contributed by atoms with Gasteiger partial charge < -0.3 is 5.32 Å². The van der Waals surface area contributed by atoms with E-state index in [1.165, 1.54) is 12.1 Å². The van der Waals surface area contributed by atoms with Crippen LogP contribution in [0.5, 0.6) is 0 Å². The van der Waals surface area contributed by atoms with Crippen LogP contribution in [0.1, 0.15) is 57.0 Å². The van der Waals surface area contributed by atoms with Crippen LogP contribution in [0, 0.1) is 11.8 Å². The smallest absolute Gasteiger partial charge is 0.295 e. The van der Waals surface area contributed by atoms with Gasteiger partial charge in [-0.05, 0) is 69.9 Å². The Bertz CT molecular complexity index is 1670. The predicted octanol–water partition coefficient (Wildman–Crippen LogP) is 3.33. The summed E-state index contributed by atoms with van der Waals surface area (Å²) in [6.07, 6.45) is 5.80. The van der Waals surface area contributed by atoms with Gasteiger partial charge in [-0.1, -0.05) is 12.1 Å². The fraction of sp³-hybridized carbons (Fsp3) is 0.407. The van der Waals surface area contributed by atoms with Gasteiger partial charge in [0.1, 0.15) is 5.52 Å². The SMILES string of the molecule is C=N/C(=C(\C(C)=NC)c1ncc2nc(NCc3ccc(S(N)(=O)=O)cc3)c(=O)n([C@@H](C)C3CC3)c2n1)C1CC1. The maximum atomic E-state index is 13.8. The first-order valence-corrected chi connectivity index (χ1v) is 14.5. The summed E-state index contributed by atoms with van der Waals surface area (Å²) in [6.45, 7) is 7.98. The Morgan fingerprint density at radius 1 is 1.21 bits per heavy atom. The molecule has 2 heterocycles. The minimum absolute atomic E-state index is 0.0249. The number of allylic oxidation sites excluding steroid dienone is 2. The van der Waals surface area contributed by atoms with Gasteiger partial charge in [-0.15, -0.1) is 0 Å². The number of rotatable bonds is 10. The molecule has 0 aliphatic heterocycles. The van der Waals surface area contributed by atoms with E-state index in [0.29, 0.717) is 28.8 Å². The summed E-state index contributed by atoms with van der Waals surface area (Å²) < 4.78 is 24.8. The van der Waals surface area contributed by atoms with Crippen molar-refractivity contribution in [1.82, 2.24) is 19.5 Å². The van der Waals surface area contributed by atoms with Crippen LogP contribution in [-0.4, -0.2) is 47.4 Å². The molecule has 5 rings (SSSR count). The van der Waals surface area contributed by atoms with Crippen molar-refractivity contribution >= 4 is 45.0 Å². The van der Waals surface area contributed by atoms with Gasteiger partial charge in [0.05, 0.1) is 22.4 Å². The van der Waals surface area contributed by atoms with Crippen molar-refractivity contribution in [2.45, 2.75) is 57.0 Å². The normalized spacial score (nSPS) is 17.6. The highest BCUT2D eigenvalue weighted by Gasteiger charge is 2.33. The first-order chi connectivity index (χ1) is 18.6. The summed E-state index contributed by atoms with van der Waals surface area (Å²) in [5.41, 5.74) is 3.79. The van der Waals surface area contributed by atoms with Crippen molar-refractivity contribution in [3.05, 3.63) is 57.9 Å². The predicted molar refractivity (Wildman–Crippen MR) is 152 cm³/mol. The number of aromatic nitrogens is 4. The second-order valence-corrected chi connectivity index (χ2v) is 11.7. The molecular formula is C27H32N8O3S. The van der Waals surface area contributed by atoms with Crippen molar-refractivity contribution in [2.75, 3.05) is 12.4 Å². The lowest BCUT2D eigenvalue weighted by Crippen LogP contribution is -2.29. The van der Waals surface area contributed by atoms with E-state index in [0.717, 1.165) is 48.2 Å². The first-order valence-electron chi connectivity index (χ1n) is 12.9. The Balaban J connectivity index is 1.57. The van der Waals surface area contributed by atoms with Crippen molar-refractivity contribution in [2.24, 2.45) is 27.0 Å². The van der Waals surface area contributed by atoms with Crippen LogP contribution in [0.15, 0.2) is 55.8 Å². The Kier molecular flexibility index (Phi) is 7.17. The number of benzene rings is 1. The number of hydrogen-bond acceptors (Lipinski definition) is 9. The lowest BCUT2D eigenvalue weighted by Gasteiger charge is -2.19. The fourth-order valence-corrected chi connectivity index (χ4v) is 5.24. The molecule has 11 nitrogen and oxygen atoms in total. The molecule has 2 aliphatic rings. The van der Waals surface area contributed by atoms with Gasteiger partial charge in [0, 0.05) is 31.3 Å². The number of anilines is 1. The van der Waals surface area contributed by atoms with E-state index in [2.05, 4.69) is 32.0 Å². The molecule has 0 amide bonds. The minimum atomic E-state index is -3.78. The Morgan fingerprint density at radius 3 is 2.46 bits per heavy atom. The molecule has 3 N–H and O–H groups in total. The standard InChI is InChI=1S/C27H32N8O3S/c1-15(29-3)22(23(30-4)19-9-10-19)24-32-14-21-26(34-24)35(16(2)18-7-8-18)27(36)25(33-21)31-13-17-5-11-20(12-6-17)39(28,37)38/h5-6,11-12,14,16,18-19H,4,7-10,13H2,1-3H3,(H,31,33)(H2,28,37,38)/b23-22+,29-15?/t16-/m0/s1. The van der Waals surface area contributed by atoms with Crippen LogP contribution in [0.25, 0.3) is 16.7 Å². The highest BCUT2D eigenvalue weighted by molar-refractivity contribution is 7.89. The lowest BCUT2D eigenvalue weighted by atomic mass is 10.1.